The predicted molar refractivity (Wildman–Crippen MR) is 97.2 cm³/mol. The number of halogens is 1. The molecule has 3 rings (SSSR count). The van der Waals surface area contributed by atoms with E-state index in [1.54, 1.807) is 0 Å². The molecule has 2 aromatic rings. The summed E-state index contributed by atoms with van der Waals surface area (Å²) in [6.45, 7) is 2.93. The van der Waals surface area contributed by atoms with Crippen molar-refractivity contribution in [2.45, 2.75) is 19.4 Å². The van der Waals surface area contributed by atoms with E-state index in [0.29, 0.717) is 0 Å². The van der Waals surface area contributed by atoms with Crippen molar-refractivity contribution in [2.24, 2.45) is 5.92 Å². The van der Waals surface area contributed by atoms with Gasteiger partial charge in [0.25, 0.3) is 0 Å². The minimum Gasteiger partial charge on any atom is -0.326 e. The molecule has 1 amide bonds. The molecule has 0 bridgehead atoms. The SMILES string of the molecule is O=C(Nc1ccc(Br)cc1)C1CCN(Cc2ccccc2)CC1. The average molecular weight is 373 g/mol. The third kappa shape index (κ3) is 4.66. The van der Waals surface area contributed by atoms with Crippen LogP contribution in [0.2, 0.25) is 0 Å². The fourth-order valence-corrected chi connectivity index (χ4v) is 3.24. The van der Waals surface area contributed by atoms with Gasteiger partial charge in [0.15, 0.2) is 0 Å². The summed E-state index contributed by atoms with van der Waals surface area (Å²) in [5, 5.41) is 3.03. The molecule has 4 heteroatoms. The molecule has 1 N–H and O–H groups in total. The number of nitrogens with zero attached hydrogens (tertiary/aromatic N) is 1. The molecule has 120 valence electrons. The predicted octanol–water partition coefficient (Wildman–Crippen LogP) is 4.30. The lowest BCUT2D eigenvalue weighted by molar-refractivity contribution is -0.121. The van der Waals surface area contributed by atoms with Crippen LogP contribution >= 0.6 is 15.9 Å². The van der Waals surface area contributed by atoms with Crippen LogP contribution in [-0.4, -0.2) is 23.9 Å². The van der Waals surface area contributed by atoms with Gasteiger partial charge >= 0.3 is 0 Å². The topological polar surface area (TPSA) is 32.3 Å². The highest BCUT2D eigenvalue weighted by molar-refractivity contribution is 9.10. The van der Waals surface area contributed by atoms with E-state index in [2.05, 4.69) is 50.4 Å². The number of carbonyl (C=O) groups excluding carboxylic acids is 1. The van der Waals surface area contributed by atoms with Gasteiger partial charge in [-0.05, 0) is 55.8 Å². The maximum absolute atomic E-state index is 12.4. The van der Waals surface area contributed by atoms with Crippen molar-refractivity contribution in [3.05, 3.63) is 64.6 Å². The lowest BCUT2D eigenvalue weighted by Gasteiger charge is -2.31. The monoisotopic (exact) mass is 372 g/mol. The Morgan fingerprint density at radius 3 is 2.35 bits per heavy atom. The molecular formula is C19H21BrN2O. The first-order valence-electron chi connectivity index (χ1n) is 8.03. The summed E-state index contributed by atoms with van der Waals surface area (Å²) in [6.07, 6.45) is 1.85. The summed E-state index contributed by atoms with van der Waals surface area (Å²) in [5.41, 5.74) is 2.20. The average Bonchev–Trinajstić information content (AvgIpc) is 2.58. The number of hydrogen-bond acceptors (Lipinski definition) is 2. The largest absolute Gasteiger partial charge is 0.326 e. The van der Waals surface area contributed by atoms with Gasteiger partial charge in [-0.2, -0.15) is 0 Å². The zero-order chi connectivity index (χ0) is 16.1. The van der Waals surface area contributed by atoms with Crippen LogP contribution in [0.4, 0.5) is 5.69 Å². The molecule has 3 nitrogen and oxygen atoms in total. The number of rotatable bonds is 4. The van der Waals surface area contributed by atoms with Crippen molar-refractivity contribution < 1.29 is 4.79 Å². The van der Waals surface area contributed by atoms with Gasteiger partial charge < -0.3 is 5.32 Å². The van der Waals surface area contributed by atoms with E-state index in [-0.39, 0.29) is 11.8 Å². The molecule has 0 aromatic heterocycles. The van der Waals surface area contributed by atoms with Crippen LogP contribution in [0.5, 0.6) is 0 Å². The van der Waals surface area contributed by atoms with Crippen LogP contribution in [0.1, 0.15) is 18.4 Å². The maximum atomic E-state index is 12.4. The number of benzene rings is 2. The van der Waals surface area contributed by atoms with Crippen molar-refractivity contribution in [3.8, 4) is 0 Å². The number of hydrogen-bond donors (Lipinski definition) is 1. The van der Waals surface area contributed by atoms with Gasteiger partial charge in [0, 0.05) is 22.6 Å². The van der Waals surface area contributed by atoms with Crippen LogP contribution in [0.25, 0.3) is 0 Å². The highest BCUT2D eigenvalue weighted by atomic mass is 79.9. The zero-order valence-electron chi connectivity index (χ0n) is 13.0. The Morgan fingerprint density at radius 2 is 1.70 bits per heavy atom. The van der Waals surface area contributed by atoms with Crippen molar-refractivity contribution in [1.82, 2.24) is 4.90 Å². The summed E-state index contributed by atoms with van der Waals surface area (Å²) in [6, 6.07) is 18.2. The number of nitrogens with one attached hydrogen (secondary N) is 1. The normalized spacial score (nSPS) is 16.2. The van der Waals surface area contributed by atoms with Gasteiger partial charge in [-0.3, -0.25) is 9.69 Å². The van der Waals surface area contributed by atoms with Gasteiger partial charge in [0.2, 0.25) is 5.91 Å². The Kier molecular flexibility index (Phi) is 5.47. The Bertz CT molecular complexity index is 634. The highest BCUT2D eigenvalue weighted by Gasteiger charge is 2.24. The zero-order valence-corrected chi connectivity index (χ0v) is 14.6. The van der Waals surface area contributed by atoms with Crippen LogP contribution in [0.15, 0.2) is 59.1 Å². The molecule has 0 radical (unpaired) electrons. The first-order valence-corrected chi connectivity index (χ1v) is 8.83. The number of anilines is 1. The highest BCUT2D eigenvalue weighted by Crippen LogP contribution is 2.21. The summed E-state index contributed by atoms with van der Waals surface area (Å²) in [4.78, 5) is 14.8. The number of amides is 1. The second-order valence-corrected chi connectivity index (χ2v) is 6.95. The van der Waals surface area contributed by atoms with Crippen LogP contribution in [0.3, 0.4) is 0 Å². The van der Waals surface area contributed by atoms with E-state index in [4.69, 9.17) is 0 Å². The number of carbonyl (C=O) groups is 1. The Hall–Kier alpha value is -1.65. The second-order valence-electron chi connectivity index (χ2n) is 6.03. The summed E-state index contributed by atoms with van der Waals surface area (Å²) in [5.74, 6) is 0.261. The summed E-state index contributed by atoms with van der Waals surface area (Å²) < 4.78 is 1.02. The lowest BCUT2D eigenvalue weighted by Crippen LogP contribution is -2.37. The van der Waals surface area contributed by atoms with E-state index < -0.39 is 0 Å². The van der Waals surface area contributed by atoms with Crippen LogP contribution in [0, 0.1) is 5.92 Å². The number of likely N-dealkylation sites (tertiary alicyclic amines) is 1. The standard InChI is InChI=1S/C19H21BrN2O/c20-17-6-8-18(9-7-17)21-19(23)16-10-12-22(13-11-16)14-15-4-2-1-3-5-15/h1-9,16H,10-14H2,(H,21,23). The molecule has 2 aromatic carbocycles. The van der Waals surface area contributed by atoms with E-state index in [0.717, 1.165) is 42.6 Å². The first kappa shape index (κ1) is 16.2. The third-order valence-electron chi connectivity index (χ3n) is 4.32. The van der Waals surface area contributed by atoms with Crippen molar-refractivity contribution in [3.63, 3.8) is 0 Å². The second kappa shape index (κ2) is 7.75. The molecular weight excluding hydrogens is 352 g/mol. The van der Waals surface area contributed by atoms with E-state index in [1.807, 2.05) is 30.3 Å². The molecule has 1 saturated heterocycles. The van der Waals surface area contributed by atoms with Crippen molar-refractivity contribution in [2.75, 3.05) is 18.4 Å². The number of piperidine rings is 1. The smallest absolute Gasteiger partial charge is 0.227 e. The molecule has 1 heterocycles. The fraction of sp³-hybridized carbons (Fsp3) is 0.316. The quantitative estimate of drug-likeness (QED) is 0.867. The molecule has 0 atom stereocenters. The molecule has 23 heavy (non-hydrogen) atoms. The van der Waals surface area contributed by atoms with Crippen molar-refractivity contribution >= 4 is 27.5 Å². The van der Waals surface area contributed by atoms with E-state index in [1.165, 1.54) is 5.56 Å². The van der Waals surface area contributed by atoms with Gasteiger partial charge in [0.05, 0.1) is 0 Å². The summed E-state index contributed by atoms with van der Waals surface area (Å²) >= 11 is 3.40. The van der Waals surface area contributed by atoms with Gasteiger partial charge in [-0.1, -0.05) is 46.3 Å². The minimum atomic E-state index is 0.116. The lowest BCUT2D eigenvalue weighted by atomic mass is 9.95. The molecule has 0 saturated carbocycles. The Balaban J connectivity index is 1.48. The van der Waals surface area contributed by atoms with Crippen molar-refractivity contribution in [1.29, 1.82) is 0 Å². The first-order chi connectivity index (χ1) is 11.2. The Labute approximate surface area is 145 Å². The molecule has 1 fully saturated rings. The third-order valence-corrected chi connectivity index (χ3v) is 4.85. The maximum Gasteiger partial charge on any atom is 0.227 e. The van der Waals surface area contributed by atoms with E-state index >= 15 is 0 Å². The van der Waals surface area contributed by atoms with Gasteiger partial charge in [-0.15, -0.1) is 0 Å². The summed E-state index contributed by atoms with van der Waals surface area (Å²) in [7, 11) is 0. The molecule has 0 aliphatic carbocycles. The minimum absolute atomic E-state index is 0.116. The Morgan fingerprint density at radius 1 is 1.04 bits per heavy atom. The molecule has 1 aliphatic heterocycles. The van der Waals surface area contributed by atoms with Gasteiger partial charge in [0.1, 0.15) is 0 Å². The van der Waals surface area contributed by atoms with Crippen LogP contribution in [-0.2, 0) is 11.3 Å². The van der Waals surface area contributed by atoms with E-state index in [9.17, 15) is 4.79 Å². The molecule has 0 spiro atoms. The molecule has 0 unspecified atom stereocenters. The van der Waals surface area contributed by atoms with Gasteiger partial charge in [-0.25, -0.2) is 0 Å². The fourth-order valence-electron chi connectivity index (χ4n) is 2.97. The molecule has 1 aliphatic rings. The van der Waals surface area contributed by atoms with Crippen LogP contribution < -0.4 is 5.32 Å².